The van der Waals surface area contributed by atoms with Gasteiger partial charge in [-0.1, -0.05) is 12.1 Å². The van der Waals surface area contributed by atoms with Crippen LogP contribution in [0.25, 0.3) is 0 Å². The van der Waals surface area contributed by atoms with Crippen molar-refractivity contribution in [1.29, 1.82) is 0 Å². The fraction of sp³-hybridized carbons (Fsp3) is 0.312. The summed E-state index contributed by atoms with van der Waals surface area (Å²) in [5, 5.41) is 3.36. The maximum absolute atomic E-state index is 12.8. The van der Waals surface area contributed by atoms with Crippen molar-refractivity contribution in [2.75, 3.05) is 23.3 Å². The molecule has 20 heavy (non-hydrogen) atoms. The Kier molecular flexibility index (Phi) is 3.22. The lowest BCUT2D eigenvalue weighted by Gasteiger charge is -2.22. The Labute approximate surface area is 118 Å². The third-order valence-electron chi connectivity index (χ3n) is 3.59. The molecule has 2 aromatic rings. The lowest BCUT2D eigenvalue weighted by Crippen LogP contribution is -2.31. The van der Waals surface area contributed by atoms with Gasteiger partial charge in [-0.15, -0.1) is 0 Å². The Bertz CT molecular complexity index is 646. The summed E-state index contributed by atoms with van der Waals surface area (Å²) >= 11 is 0. The lowest BCUT2D eigenvalue weighted by atomic mass is 10.2. The number of carbonyl (C=O) groups is 1. The summed E-state index contributed by atoms with van der Waals surface area (Å²) in [6, 6.07) is 9.74. The predicted octanol–water partition coefficient (Wildman–Crippen LogP) is 3.36. The number of rotatable bonds is 1. The lowest BCUT2D eigenvalue weighted by molar-refractivity contribution is 0.0986. The van der Waals surface area contributed by atoms with Gasteiger partial charge in [0, 0.05) is 13.1 Å². The van der Waals surface area contributed by atoms with Crippen molar-refractivity contribution in [2.24, 2.45) is 0 Å². The number of nitrogens with zero attached hydrogens (tertiary/aromatic N) is 1. The van der Waals surface area contributed by atoms with Crippen LogP contribution in [0.5, 0.6) is 0 Å². The Hall–Kier alpha value is -2.23. The highest BCUT2D eigenvalue weighted by Gasteiger charge is 2.24. The van der Waals surface area contributed by atoms with E-state index in [1.54, 1.807) is 0 Å². The van der Waals surface area contributed by atoms with Crippen molar-refractivity contribution >= 4 is 17.3 Å². The number of para-hydroxylation sites is 2. The molecular formula is C16H18N2O2. The van der Waals surface area contributed by atoms with Crippen LogP contribution in [0.1, 0.15) is 28.3 Å². The quantitative estimate of drug-likeness (QED) is 0.864. The van der Waals surface area contributed by atoms with E-state index in [9.17, 15) is 4.79 Å². The van der Waals surface area contributed by atoms with Crippen LogP contribution in [0.2, 0.25) is 0 Å². The second-order valence-corrected chi connectivity index (χ2v) is 5.08. The van der Waals surface area contributed by atoms with Gasteiger partial charge in [-0.05, 0) is 38.5 Å². The minimum Gasteiger partial charge on any atom is -0.466 e. The largest absolute Gasteiger partial charge is 0.466 e. The van der Waals surface area contributed by atoms with E-state index < -0.39 is 0 Å². The summed E-state index contributed by atoms with van der Waals surface area (Å²) in [5.41, 5.74) is 2.60. The van der Waals surface area contributed by atoms with Crippen molar-refractivity contribution in [3.05, 3.63) is 47.4 Å². The number of benzene rings is 1. The smallest absolute Gasteiger partial charge is 0.261 e. The normalized spacial score (nSPS) is 14.4. The molecule has 0 fully saturated rings. The first kappa shape index (κ1) is 12.8. The number of hydrogen-bond acceptors (Lipinski definition) is 3. The van der Waals surface area contributed by atoms with Gasteiger partial charge in [0.15, 0.2) is 0 Å². The second-order valence-electron chi connectivity index (χ2n) is 5.08. The highest BCUT2D eigenvalue weighted by atomic mass is 16.3. The molecule has 0 spiro atoms. The average Bonchev–Trinajstić information content (AvgIpc) is 2.66. The maximum atomic E-state index is 12.8. The topological polar surface area (TPSA) is 45.5 Å². The van der Waals surface area contributed by atoms with Crippen LogP contribution in [0.4, 0.5) is 11.4 Å². The molecule has 4 nitrogen and oxygen atoms in total. The molecule has 1 aliphatic heterocycles. The molecule has 1 aromatic heterocycles. The molecule has 0 saturated heterocycles. The van der Waals surface area contributed by atoms with Crippen LogP contribution in [-0.2, 0) is 0 Å². The van der Waals surface area contributed by atoms with E-state index in [0.29, 0.717) is 17.9 Å². The molecule has 0 saturated carbocycles. The Morgan fingerprint density at radius 2 is 2.10 bits per heavy atom. The molecule has 104 valence electrons. The van der Waals surface area contributed by atoms with Gasteiger partial charge in [-0.2, -0.15) is 0 Å². The van der Waals surface area contributed by atoms with Gasteiger partial charge in [-0.3, -0.25) is 4.79 Å². The van der Waals surface area contributed by atoms with Gasteiger partial charge in [0.25, 0.3) is 5.91 Å². The maximum Gasteiger partial charge on any atom is 0.261 e. The minimum absolute atomic E-state index is 0.00972. The number of furan rings is 1. The van der Waals surface area contributed by atoms with Crippen molar-refractivity contribution in [3.63, 3.8) is 0 Å². The van der Waals surface area contributed by atoms with Crippen LogP contribution in [-0.4, -0.2) is 19.0 Å². The van der Waals surface area contributed by atoms with Gasteiger partial charge in [0.2, 0.25) is 0 Å². The molecule has 1 aliphatic rings. The number of carbonyl (C=O) groups excluding carboxylic acids is 1. The molecule has 1 N–H and O–H groups in total. The SMILES string of the molecule is Cc1cc(C(=O)N2CCCNc3ccccc32)c(C)o1. The summed E-state index contributed by atoms with van der Waals surface area (Å²) in [7, 11) is 0. The van der Waals surface area contributed by atoms with E-state index in [-0.39, 0.29) is 5.91 Å². The fourth-order valence-corrected chi connectivity index (χ4v) is 2.64. The third kappa shape index (κ3) is 2.18. The van der Waals surface area contributed by atoms with E-state index in [4.69, 9.17) is 4.42 Å². The van der Waals surface area contributed by atoms with E-state index in [2.05, 4.69) is 5.32 Å². The molecule has 0 radical (unpaired) electrons. The zero-order chi connectivity index (χ0) is 14.1. The Morgan fingerprint density at radius 3 is 2.85 bits per heavy atom. The number of nitrogens with one attached hydrogen (secondary N) is 1. The molecule has 4 heteroatoms. The van der Waals surface area contributed by atoms with Gasteiger partial charge in [0.1, 0.15) is 11.5 Å². The highest BCUT2D eigenvalue weighted by molar-refractivity contribution is 6.08. The van der Waals surface area contributed by atoms with Crippen molar-refractivity contribution in [2.45, 2.75) is 20.3 Å². The van der Waals surface area contributed by atoms with Crippen LogP contribution in [0.3, 0.4) is 0 Å². The molecular weight excluding hydrogens is 252 g/mol. The number of fused-ring (bicyclic) bond motifs is 1. The van der Waals surface area contributed by atoms with E-state index in [0.717, 1.165) is 30.1 Å². The molecule has 0 atom stereocenters. The Morgan fingerprint density at radius 1 is 1.30 bits per heavy atom. The Balaban J connectivity index is 2.01. The van der Waals surface area contributed by atoms with Gasteiger partial charge in [0.05, 0.1) is 16.9 Å². The fourth-order valence-electron chi connectivity index (χ4n) is 2.64. The van der Waals surface area contributed by atoms with Crippen LogP contribution >= 0.6 is 0 Å². The standard InChI is InChI=1S/C16H18N2O2/c1-11-10-13(12(2)20-11)16(19)18-9-5-8-17-14-6-3-4-7-15(14)18/h3-4,6-7,10,17H,5,8-9H2,1-2H3. The zero-order valence-electron chi connectivity index (χ0n) is 11.8. The summed E-state index contributed by atoms with van der Waals surface area (Å²) < 4.78 is 5.48. The van der Waals surface area contributed by atoms with Crippen molar-refractivity contribution in [1.82, 2.24) is 0 Å². The van der Waals surface area contributed by atoms with Crippen LogP contribution in [0, 0.1) is 13.8 Å². The highest BCUT2D eigenvalue weighted by Crippen LogP contribution is 2.30. The van der Waals surface area contributed by atoms with Gasteiger partial charge < -0.3 is 14.6 Å². The van der Waals surface area contributed by atoms with Crippen LogP contribution < -0.4 is 10.2 Å². The van der Waals surface area contributed by atoms with E-state index in [1.165, 1.54) is 0 Å². The van der Waals surface area contributed by atoms with Crippen LogP contribution in [0.15, 0.2) is 34.7 Å². The zero-order valence-corrected chi connectivity index (χ0v) is 11.8. The summed E-state index contributed by atoms with van der Waals surface area (Å²) in [4.78, 5) is 14.6. The summed E-state index contributed by atoms with van der Waals surface area (Å²) in [6.45, 7) is 5.29. The number of amides is 1. The predicted molar refractivity (Wildman–Crippen MR) is 79.4 cm³/mol. The first-order chi connectivity index (χ1) is 9.66. The van der Waals surface area contributed by atoms with Gasteiger partial charge in [-0.25, -0.2) is 0 Å². The first-order valence-electron chi connectivity index (χ1n) is 6.88. The number of hydrogen-bond donors (Lipinski definition) is 1. The first-order valence-corrected chi connectivity index (χ1v) is 6.88. The molecule has 0 bridgehead atoms. The number of anilines is 2. The monoisotopic (exact) mass is 270 g/mol. The van der Waals surface area contributed by atoms with Crippen molar-refractivity contribution in [3.8, 4) is 0 Å². The summed E-state index contributed by atoms with van der Waals surface area (Å²) in [6.07, 6.45) is 0.927. The molecule has 3 rings (SSSR count). The molecule has 0 aliphatic carbocycles. The molecule has 0 unspecified atom stereocenters. The molecule has 2 heterocycles. The molecule has 1 aromatic carbocycles. The van der Waals surface area contributed by atoms with Crippen molar-refractivity contribution < 1.29 is 9.21 Å². The van der Waals surface area contributed by atoms with Gasteiger partial charge >= 0.3 is 0 Å². The average molecular weight is 270 g/mol. The van der Waals surface area contributed by atoms with E-state index >= 15 is 0 Å². The molecule has 1 amide bonds. The minimum atomic E-state index is 0.00972. The number of aryl methyl sites for hydroxylation is 2. The van der Waals surface area contributed by atoms with E-state index in [1.807, 2.05) is 49.1 Å². The second kappa shape index (κ2) is 5.04. The summed E-state index contributed by atoms with van der Waals surface area (Å²) in [5.74, 6) is 1.46. The third-order valence-corrected chi connectivity index (χ3v) is 3.59.